The molecule has 0 heterocycles. The van der Waals surface area contributed by atoms with E-state index in [2.05, 4.69) is 13.0 Å². The first kappa shape index (κ1) is 15.2. The molecule has 2 rings (SSSR count). The minimum Gasteiger partial charge on any atom is -0.493 e. The Kier molecular flexibility index (Phi) is 5.06. The van der Waals surface area contributed by atoms with Crippen LogP contribution >= 0.6 is 0 Å². The Morgan fingerprint density at radius 3 is 2.14 bits per heavy atom. The van der Waals surface area contributed by atoms with Crippen molar-refractivity contribution in [3.63, 3.8) is 0 Å². The normalized spacial score (nSPS) is 10.3. The van der Waals surface area contributed by atoms with Crippen molar-refractivity contribution in [2.75, 3.05) is 14.2 Å². The summed E-state index contributed by atoms with van der Waals surface area (Å²) in [5.74, 6) is 1.85. The molecule has 0 fully saturated rings. The van der Waals surface area contributed by atoms with Crippen LogP contribution in [0, 0.1) is 6.92 Å². The van der Waals surface area contributed by atoms with Crippen LogP contribution in [0.2, 0.25) is 0 Å². The van der Waals surface area contributed by atoms with Crippen molar-refractivity contribution in [3.05, 3.63) is 53.1 Å². The third kappa shape index (κ3) is 3.47. The maximum absolute atomic E-state index is 5.93. The molecule has 0 amide bonds. The topological polar surface area (TPSA) is 53.7 Å². The lowest BCUT2D eigenvalue weighted by atomic mass is 10.1. The summed E-state index contributed by atoms with van der Waals surface area (Å²) in [7, 11) is 3.21. The first-order valence-electron chi connectivity index (χ1n) is 6.81. The molecule has 2 N–H and O–H groups in total. The van der Waals surface area contributed by atoms with Gasteiger partial charge in [-0.05, 0) is 35.7 Å². The van der Waals surface area contributed by atoms with Crippen LogP contribution in [0.4, 0.5) is 0 Å². The van der Waals surface area contributed by atoms with E-state index in [4.69, 9.17) is 19.9 Å². The van der Waals surface area contributed by atoms with E-state index in [9.17, 15) is 0 Å². The molecule has 0 saturated heterocycles. The van der Waals surface area contributed by atoms with Crippen molar-refractivity contribution in [2.45, 2.75) is 20.1 Å². The molecule has 0 radical (unpaired) electrons. The van der Waals surface area contributed by atoms with Crippen molar-refractivity contribution in [1.29, 1.82) is 0 Å². The fourth-order valence-electron chi connectivity index (χ4n) is 2.12. The number of nitrogens with two attached hydrogens (primary N) is 1. The van der Waals surface area contributed by atoms with Gasteiger partial charge in [-0.3, -0.25) is 0 Å². The van der Waals surface area contributed by atoms with Crippen LogP contribution in [-0.4, -0.2) is 14.2 Å². The summed E-state index contributed by atoms with van der Waals surface area (Å²) in [5.41, 5.74) is 8.94. The third-order valence-electron chi connectivity index (χ3n) is 3.39. The molecular formula is C17H21NO3. The fourth-order valence-corrected chi connectivity index (χ4v) is 2.12. The molecule has 21 heavy (non-hydrogen) atoms. The highest BCUT2D eigenvalue weighted by molar-refractivity contribution is 5.54. The molecule has 4 heteroatoms. The summed E-state index contributed by atoms with van der Waals surface area (Å²) in [5, 5.41) is 0. The average molecular weight is 287 g/mol. The molecule has 2 aromatic carbocycles. The maximum Gasteiger partial charge on any atom is 0.203 e. The number of aryl methyl sites for hydroxylation is 1. The van der Waals surface area contributed by atoms with Crippen LogP contribution in [0.25, 0.3) is 0 Å². The second-order valence-corrected chi connectivity index (χ2v) is 4.75. The highest BCUT2D eigenvalue weighted by Crippen LogP contribution is 2.39. The van der Waals surface area contributed by atoms with Crippen LogP contribution in [-0.2, 0) is 13.2 Å². The van der Waals surface area contributed by atoms with E-state index in [1.54, 1.807) is 14.2 Å². The van der Waals surface area contributed by atoms with Gasteiger partial charge in [0.1, 0.15) is 6.61 Å². The summed E-state index contributed by atoms with van der Waals surface area (Å²) in [6.45, 7) is 2.94. The van der Waals surface area contributed by atoms with Crippen molar-refractivity contribution >= 4 is 0 Å². The van der Waals surface area contributed by atoms with Crippen molar-refractivity contribution in [2.24, 2.45) is 5.73 Å². The SMILES string of the molecule is COc1cc(CN)cc(OC)c1OCc1ccccc1C. The average Bonchev–Trinajstić information content (AvgIpc) is 2.53. The van der Waals surface area contributed by atoms with Gasteiger partial charge in [-0.2, -0.15) is 0 Å². The van der Waals surface area contributed by atoms with Gasteiger partial charge in [0.15, 0.2) is 11.5 Å². The number of methoxy groups -OCH3 is 2. The largest absolute Gasteiger partial charge is 0.493 e. The summed E-state index contributed by atoms with van der Waals surface area (Å²) in [6.07, 6.45) is 0. The molecule has 0 spiro atoms. The van der Waals surface area contributed by atoms with Crippen LogP contribution in [0.5, 0.6) is 17.2 Å². The van der Waals surface area contributed by atoms with E-state index in [0.717, 1.165) is 11.1 Å². The minimum absolute atomic E-state index is 0.421. The second kappa shape index (κ2) is 6.99. The molecule has 0 atom stereocenters. The van der Waals surface area contributed by atoms with E-state index < -0.39 is 0 Å². The van der Waals surface area contributed by atoms with Gasteiger partial charge in [-0.15, -0.1) is 0 Å². The Bertz CT molecular complexity index is 586. The van der Waals surface area contributed by atoms with Gasteiger partial charge in [0, 0.05) is 6.54 Å². The zero-order valence-electron chi connectivity index (χ0n) is 12.7. The predicted molar refractivity (Wildman–Crippen MR) is 82.9 cm³/mol. The van der Waals surface area contributed by atoms with Gasteiger partial charge in [-0.25, -0.2) is 0 Å². The zero-order chi connectivity index (χ0) is 15.2. The van der Waals surface area contributed by atoms with Gasteiger partial charge >= 0.3 is 0 Å². The Labute approximate surface area is 125 Å². The Balaban J connectivity index is 2.28. The summed E-state index contributed by atoms with van der Waals surface area (Å²) in [6, 6.07) is 11.9. The molecule has 0 aliphatic heterocycles. The highest BCUT2D eigenvalue weighted by atomic mass is 16.5. The molecular weight excluding hydrogens is 266 g/mol. The molecule has 2 aromatic rings. The number of ether oxygens (including phenoxy) is 3. The monoisotopic (exact) mass is 287 g/mol. The van der Waals surface area contributed by atoms with Crippen LogP contribution in [0.15, 0.2) is 36.4 Å². The van der Waals surface area contributed by atoms with E-state index in [0.29, 0.717) is 30.4 Å². The first-order valence-corrected chi connectivity index (χ1v) is 6.81. The third-order valence-corrected chi connectivity index (χ3v) is 3.39. The van der Waals surface area contributed by atoms with Crippen LogP contribution < -0.4 is 19.9 Å². The Morgan fingerprint density at radius 2 is 1.62 bits per heavy atom. The lowest BCUT2D eigenvalue weighted by Gasteiger charge is -2.16. The van der Waals surface area contributed by atoms with E-state index in [1.165, 1.54) is 5.56 Å². The first-order chi connectivity index (χ1) is 10.2. The minimum atomic E-state index is 0.421. The second-order valence-electron chi connectivity index (χ2n) is 4.75. The Hall–Kier alpha value is -2.20. The summed E-state index contributed by atoms with van der Waals surface area (Å²) in [4.78, 5) is 0. The molecule has 4 nitrogen and oxygen atoms in total. The smallest absolute Gasteiger partial charge is 0.203 e. The molecule has 0 aromatic heterocycles. The van der Waals surface area contributed by atoms with Gasteiger partial charge in [-0.1, -0.05) is 24.3 Å². The molecule has 0 aliphatic rings. The van der Waals surface area contributed by atoms with Gasteiger partial charge in [0.2, 0.25) is 5.75 Å². The highest BCUT2D eigenvalue weighted by Gasteiger charge is 2.14. The molecule has 0 bridgehead atoms. The number of benzene rings is 2. The van der Waals surface area contributed by atoms with Gasteiger partial charge in [0.25, 0.3) is 0 Å². The maximum atomic E-state index is 5.93. The quantitative estimate of drug-likeness (QED) is 0.887. The van der Waals surface area contributed by atoms with Gasteiger partial charge < -0.3 is 19.9 Å². The lowest BCUT2D eigenvalue weighted by Crippen LogP contribution is -2.04. The summed E-state index contributed by atoms with van der Waals surface area (Å²) >= 11 is 0. The van der Waals surface area contributed by atoms with Gasteiger partial charge in [0.05, 0.1) is 14.2 Å². The zero-order valence-corrected chi connectivity index (χ0v) is 12.7. The van der Waals surface area contributed by atoms with Crippen LogP contribution in [0.3, 0.4) is 0 Å². The molecule has 0 saturated carbocycles. The Morgan fingerprint density at radius 1 is 1.00 bits per heavy atom. The van der Waals surface area contributed by atoms with Crippen LogP contribution in [0.1, 0.15) is 16.7 Å². The number of hydrogen-bond acceptors (Lipinski definition) is 4. The van der Waals surface area contributed by atoms with E-state index in [-0.39, 0.29) is 0 Å². The lowest BCUT2D eigenvalue weighted by molar-refractivity contribution is 0.265. The fraction of sp³-hybridized carbons (Fsp3) is 0.294. The molecule has 0 aliphatic carbocycles. The van der Waals surface area contributed by atoms with Crippen molar-refractivity contribution in [3.8, 4) is 17.2 Å². The van der Waals surface area contributed by atoms with E-state index in [1.807, 2.05) is 30.3 Å². The predicted octanol–water partition coefficient (Wildman–Crippen LogP) is 3.05. The van der Waals surface area contributed by atoms with E-state index >= 15 is 0 Å². The molecule has 0 unspecified atom stereocenters. The van der Waals surface area contributed by atoms with Crippen molar-refractivity contribution in [1.82, 2.24) is 0 Å². The number of hydrogen-bond donors (Lipinski definition) is 1. The number of rotatable bonds is 6. The standard InChI is InChI=1S/C17H21NO3/c1-12-6-4-5-7-14(12)11-21-17-15(19-2)8-13(10-18)9-16(17)20-3/h4-9H,10-11,18H2,1-3H3. The summed E-state index contributed by atoms with van der Waals surface area (Å²) < 4.78 is 16.7. The van der Waals surface area contributed by atoms with Crippen molar-refractivity contribution < 1.29 is 14.2 Å². The molecule has 112 valence electrons.